The summed E-state index contributed by atoms with van der Waals surface area (Å²) in [6.45, 7) is 9.26. The number of rotatable bonds is 1. The molecule has 0 radical (unpaired) electrons. The lowest BCUT2D eigenvalue weighted by Crippen LogP contribution is -2.49. The summed E-state index contributed by atoms with van der Waals surface area (Å²) >= 11 is 0. The SMILES string of the molecule is CC1CC(C)CN(C2CC(C)c3ccccc3C2O)C1. The number of likely N-dealkylation sites (tertiary alicyclic amines) is 1. The van der Waals surface area contributed by atoms with Crippen LogP contribution in [0, 0.1) is 11.8 Å². The topological polar surface area (TPSA) is 23.5 Å². The number of nitrogens with zero attached hydrogens (tertiary/aromatic N) is 1. The maximum atomic E-state index is 10.8. The van der Waals surface area contributed by atoms with Crippen molar-refractivity contribution in [2.75, 3.05) is 13.1 Å². The van der Waals surface area contributed by atoms with Crippen molar-refractivity contribution in [1.82, 2.24) is 4.90 Å². The highest BCUT2D eigenvalue weighted by Gasteiger charge is 2.37. The lowest BCUT2D eigenvalue weighted by molar-refractivity contribution is -0.00121. The summed E-state index contributed by atoms with van der Waals surface area (Å²) in [4.78, 5) is 2.55. The number of aliphatic hydroxyl groups excluding tert-OH is 1. The van der Waals surface area contributed by atoms with Crippen LogP contribution in [0.2, 0.25) is 0 Å². The second kappa shape index (κ2) is 5.50. The fraction of sp³-hybridized carbons (Fsp3) is 0.667. The van der Waals surface area contributed by atoms with Gasteiger partial charge in [-0.15, -0.1) is 0 Å². The van der Waals surface area contributed by atoms with Gasteiger partial charge >= 0.3 is 0 Å². The molecule has 0 aromatic heterocycles. The Kier molecular flexibility index (Phi) is 3.87. The lowest BCUT2D eigenvalue weighted by Gasteiger charge is -2.45. The van der Waals surface area contributed by atoms with E-state index in [1.807, 2.05) is 0 Å². The van der Waals surface area contributed by atoms with E-state index < -0.39 is 0 Å². The summed E-state index contributed by atoms with van der Waals surface area (Å²) in [6.07, 6.45) is 2.09. The van der Waals surface area contributed by atoms with Crippen molar-refractivity contribution in [3.05, 3.63) is 35.4 Å². The highest BCUT2D eigenvalue weighted by atomic mass is 16.3. The maximum Gasteiger partial charge on any atom is 0.0948 e. The minimum Gasteiger partial charge on any atom is -0.387 e. The Hall–Kier alpha value is -0.860. The highest BCUT2D eigenvalue weighted by molar-refractivity contribution is 5.35. The number of benzene rings is 1. The van der Waals surface area contributed by atoms with Gasteiger partial charge in [0, 0.05) is 19.1 Å². The van der Waals surface area contributed by atoms with E-state index in [1.54, 1.807) is 0 Å². The lowest BCUT2D eigenvalue weighted by atomic mass is 9.77. The zero-order valence-electron chi connectivity index (χ0n) is 12.9. The molecule has 1 saturated heterocycles. The van der Waals surface area contributed by atoms with Gasteiger partial charge in [0.05, 0.1) is 6.10 Å². The smallest absolute Gasteiger partial charge is 0.0948 e. The predicted octanol–water partition coefficient (Wildman–Crippen LogP) is 3.57. The minimum atomic E-state index is -0.320. The largest absolute Gasteiger partial charge is 0.387 e. The van der Waals surface area contributed by atoms with E-state index in [0.29, 0.717) is 12.0 Å². The number of piperidine rings is 1. The molecule has 0 bridgehead atoms. The van der Waals surface area contributed by atoms with Crippen molar-refractivity contribution in [2.24, 2.45) is 11.8 Å². The van der Waals surface area contributed by atoms with E-state index in [2.05, 4.69) is 49.9 Å². The molecule has 2 aliphatic rings. The molecular formula is C18H27NO. The van der Waals surface area contributed by atoms with Crippen molar-refractivity contribution in [2.45, 2.75) is 51.7 Å². The number of hydrogen-bond donors (Lipinski definition) is 1. The van der Waals surface area contributed by atoms with Crippen molar-refractivity contribution in [3.63, 3.8) is 0 Å². The second-order valence-electron chi connectivity index (χ2n) is 7.18. The molecule has 2 nitrogen and oxygen atoms in total. The van der Waals surface area contributed by atoms with Crippen LogP contribution in [0.25, 0.3) is 0 Å². The van der Waals surface area contributed by atoms with Crippen molar-refractivity contribution in [3.8, 4) is 0 Å². The first-order chi connectivity index (χ1) is 9.56. The van der Waals surface area contributed by atoms with Crippen LogP contribution >= 0.6 is 0 Å². The van der Waals surface area contributed by atoms with Crippen molar-refractivity contribution < 1.29 is 5.11 Å². The van der Waals surface area contributed by atoms with E-state index >= 15 is 0 Å². The number of hydrogen-bond acceptors (Lipinski definition) is 2. The van der Waals surface area contributed by atoms with Gasteiger partial charge < -0.3 is 5.11 Å². The first-order valence-corrected chi connectivity index (χ1v) is 8.07. The fourth-order valence-electron chi connectivity index (χ4n) is 4.39. The van der Waals surface area contributed by atoms with Gasteiger partial charge in [0.25, 0.3) is 0 Å². The highest BCUT2D eigenvalue weighted by Crippen LogP contribution is 2.41. The van der Waals surface area contributed by atoms with E-state index in [-0.39, 0.29) is 6.10 Å². The molecule has 110 valence electrons. The molecule has 1 fully saturated rings. The Morgan fingerprint density at radius 3 is 2.20 bits per heavy atom. The van der Waals surface area contributed by atoms with Crippen molar-refractivity contribution in [1.29, 1.82) is 0 Å². The molecule has 1 aromatic carbocycles. The molecular weight excluding hydrogens is 246 g/mol. The number of aliphatic hydroxyl groups is 1. The molecule has 1 N–H and O–H groups in total. The monoisotopic (exact) mass is 273 g/mol. The molecule has 2 heteroatoms. The molecule has 20 heavy (non-hydrogen) atoms. The second-order valence-corrected chi connectivity index (χ2v) is 7.18. The normalized spacial score (nSPS) is 38.5. The van der Waals surface area contributed by atoms with Crippen LogP contribution in [0.1, 0.15) is 56.8 Å². The third-order valence-electron chi connectivity index (χ3n) is 5.17. The third-order valence-corrected chi connectivity index (χ3v) is 5.17. The van der Waals surface area contributed by atoms with Gasteiger partial charge in [-0.05, 0) is 41.7 Å². The van der Waals surface area contributed by atoms with E-state index in [4.69, 9.17) is 0 Å². The van der Waals surface area contributed by atoms with Crippen LogP contribution in [-0.4, -0.2) is 29.1 Å². The van der Waals surface area contributed by atoms with Gasteiger partial charge in [-0.3, -0.25) is 4.90 Å². The minimum absolute atomic E-state index is 0.296. The molecule has 0 amide bonds. The van der Waals surface area contributed by atoms with Gasteiger partial charge in [0.15, 0.2) is 0 Å². The average molecular weight is 273 g/mol. The molecule has 1 aliphatic heterocycles. The van der Waals surface area contributed by atoms with Crippen LogP contribution in [0.4, 0.5) is 0 Å². The van der Waals surface area contributed by atoms with Gasteiger partial charge in [-0.2, -0.15) is 0 Å². The van der Waals surface area contributed by atoms with Gasteiger partial charge in [0.1, 0.15) is 0 Å². The van der Waals surface area contributed by atoms with Crippen LogP contribution in [0.15, 0.2) is 24.3 Å². The van der Waals surface area contributed by atoms with Gasteiger partial charge in [0.2, 0.25) is 0 Å². The Balaban J connectivity index is 1.85. The summed E-state index contributed by atoms with van der Waals surface area (Å²) in [5.41, 5.74) is 2.50. The zero-order valence-corrected chi connectivity index (χ0v) is 12.9. The first-order valence-electron chi connectivity index (χ1n) is 8.07. The molecule has 1 aromatic rings. The Labute approximate surface area is 122 Å². The molecule has 5 atom stereocenters. The van der Waals surface area contributed by atoms with E-state index in [0.717, 1.165) is 36.9 Å². The van der Waals surface area contributed by atoms with Crippen LogP contribution in [0.5, 0.6) is 0 Å². The Bertz CT molecular complexity index is 462. The first kappa shape index (κ1) is 14.1. The molecule has 0 spiro atoms. The Morgan fingerprint density at radius 2 is 1.55 bits per heavy atom. The number of fused-ring (bicyclic) bond motifs is 1. The molecule has 5 unspecified atom stereocenters. The summed E-state index contributed by atoms with van der Waals surface area (Å²) in [5.74, 6) is 2.05. The van der Waals surface area contributed by atoms with Crippen molar-refractivity contribution >= 4 is 0 Å². The van der Waals surface area contributed by atoms with Gasteiger partial charge in [-0.25, -0.2) is 0 Å². The summed E-state index contributed by atoms with van der Waals surface area (Å²) in [7, 11) is 0. The summed E-state index contributed by atoms with van der Waals surface area (Å²) < 4.78 is 0. The van der Waals surface area contributed by atoms with E-state index in [9.17, 15) is 5.11 Å². The molecule has 1 aliphatic carbocycles. The van der Waals surface area contributed by atoms with Crippen LogP contribution in [0.3, 0.4) is 0 Å². The Morgan fingerprint density at radius 1 is 0.950 bits per heavy atom. The molecule has 1 heterocycles. The summed E-state index contributed by atoms with van der Waals surface area (Å²) in [5, 5.41) is 10.8. The third kappa shape index (κ3) is 2.51. The fourth-order valence-corrected chi connectivity index (χ4v) is 4.39. The van der Waals surface area contributed by atoms with E-state index in [1.165, 1.54) is 12.0 Å². The zero-order chi connectivity index (χ0) is 14.3. The maximum absolute atomic E-state index is 10.8. The van der Waals surface area contributed by atoms with Crippen LogP contribution in [-0.2, 0) is 0 Å². The summed E-state index contributed by atoms with van der Waals surface area (Å²) in [6, 6.07) is 8.73. The van der Waals surface area contributed by atoms with Crippen LogP contribution < -0.4 is 0 Å². The predicted molar refractivity (Wildman–Crippen MR) is 82.7 cm³/mol. The standard InChI is InChI=1S/C18H27NO/c1-12-8-13(2)11-19(10-12)17-9-14(3)15-6-4-5-7-16(15)18(17)20/h4-7,12-14,17-18,20H,8-11H2,1-3H3. The van der Waals surface area contributed by atoms with Gasteiger partial charge in [-0.1, -0.05) is 45.0 Å². The molecule has 0 saturated carbocycles. The average Bonchev–Trinajstić information content (AvgIpc) is 2.42. The molecule has 3 rings (SSSR count). The quantitative estimate of drug-likeness (QED) is 0.845.